The summed E-state index contributed by atoms with van der Waals surface area (Å²) >= 11 is 0. The van der Waals surface area contributed by atoms with Crippen molar-refractivity contribution in [2.45, 2.75) is 0 Å². The first kappa shape index (κ1) is 11.3. The van der Waals surface area contributed by atoms with Crippen LogP contribution in [0.15, 0.2) is 48.7 Å². The predicted octanol–water partition coefficient (Wildman–Crippen LogP) is 2.40. The molecule has 1 heterocycles. The van der Waals surface area contributed by atoms with Crippen molar-refractivity contribution >= 4 is 28.2 Å². The van der Waals surface area contributed by atoms with Gasteiger partial charge in [0.2, 0.25) is 0 Å². The number of hydrogen-bond acceptors (Lipinski definition) is 3. The molecule has 0 unspecified atom stereocenters. The molecule has 0 spiro atoms. The molecule has 3 rings (SSSR count). The third kappa shape index (κ3) is 2.26. The minimum atomic E-state index is -0.189. The predicted molar refractivity (Wildman–Crippen MR) is 74.9 cm³/mol. The summed E-state index contributed by atoms with van der Waals surface area (Å²) in [6.07, 6.45) is 1.73. The minimum absolute atomic E-state index is 0.189. The molecule has 0 atom stereocenters. The van der Waals surface area contributed by atoms with Gasteiger partial charge in [-0.2, -0.15) is 5.10 Å². The van der Waals surface area contributed by atoms with Crippen LogP contribution in [0.4, 0.5) is 11.4 Å². The zero-order valence-electron chi connectivity index (χ0n) is 10.1. The number of aromatic nitrogens is 2. The molecule has 2 aromatic carbocycles. The lowest BCUT2D eigenvalue weighted by atomic mass is 10.2. The van der Waals surface area contributed by atoms with Gasteiger partial charge in [0.1, 0.15) is 0 Å². The third-order valence-electron chi connectivity index (χ3n) is 2.85. The highest BCUT2D eigenvalue weighted by Gasteiger charge is 2.06. The van der Waals surface area contributed by atoms with E-state index in [2.05, 4.69) is 15.5 Å². The van der Waals surface area contributed by atoms with Crippen LogP contribution >= 0.6 is 0 Å². The van der Waals surface area contributed by atoms with E-state index in [1.165, 1.54) is 0 Å². The molecule has 0 aliphatic heterocycles. The molecule has 0 radical (unpaired) electrons. The van der Waals surface area contributed by atoms with Crippen molar-refractivity contribution in [3.05, 3.63) is 54.2 Å². The normalized spacial score (nSPS) is 10.5. The lowest BCUT2D eigenvalue weighted by molar-refractivity contribution is 0.102. The number of carbonyl (C=O) groups is 1. The summed E-state index contributed by atoms with van der Waals surface area (Å²) in [7, 11) is 0. The van der Waals surface area contributed by atoms with E-state index in [9.17, 15) is 4.79 Å². The van der Waals surface area contributed by atoms with Crippen LogP contribution in [0.25, 0.3) is 10.9 Å². The molecule has 0 bridgehead atoms. The number of amides is 1. The number of nitrogen functional groups attached to an aromatic ring is 1. The molecule has 0 fully saturated rings. The average Bonchev–Trinajstić information content (AvgIpc) is 2.86. The maximum Gasteiger partial charge on any atom is 0.255 e. The molecule has 0 saturated carbocycles. The van der Waals surface area contributed by atoms with Gasteiger partial charge in [0.25, 0.3) is 5.91 Å². The molecule has 3 aromatic rings. The van der Waals surface area contributed by atoms with E-state index in [0.29, 0.717) is 16.9 Å². The topological polar surface area (TPSA) is 83.8 Å². The Bertz CT molecular complexity index is 748. The molecular weight excluding hydrogens is 240 g/mol. The Morgan fingerprint density at radius 1 is 1.21 bits per heavy atom. The van der Waals surface area contributed by atoms with Gasteiger partial charge < -0.3 is 11.1 Å². The number of nitrogens with two attached hydrogens (primary N) is 1. The molecule has 4 N–H and O–H groups in total. The van der Waals surface area contributed by atoms with E-state index < -0.39 is 0 Å². The maximum atomic E-state index is 12.0. The van der Waals surface area contributed by atoms with Gasteiger partial charge >= 0.3 is 0 Å². The molecule has 5 nitrogen and oxygen atoms in total. The van der Waals surface area contributed by atoms with Gasteiger partial charge in [0, 0.05) is 22.3 Å². The molecule has 19 heavy (non-hydrogen) atoms. The molecule has 0 aliphatic carbocycles. The average molecular weight is 252 g/mol. The molecule has 1 amide bonds. The number of hydrogen-bond donors (Lipinski definition) is 3. The molecule has 0 aliphatic rings. The lowest BCUT2D eigenvalue weighted by Crippen LogP contribution is -2.11. The zero-order valence-corrected chi connectivity index (χ0v) is 10.1. The first-order chi connectivity index (χ1) is 9.22. The molecule has 1 aromatic heterocycles. The summed E-state index contributed by atoms with van der Waals surface area (Å²) in [5.74, 6) is -0.189. The van der Waals surface area contributed by atoms with Crippen molar-refractivity contribution < 1.29 is 4.79 Å². The zero-order chi connectivity index (χ0) is 13.2. The Kier molecular flexibility index (Phi) is 2.64. The Balaban J connectivity index is 1.86. The summed E-state index contributed by atoms with van der Waals surface area (Å²) in [5, 5.41) is 10.6. The molecule has 94 valence electrons. The van der Waals surface area contributed by atoms with E-state index in [0.717, 1.165) is 10.9 Å². The van der Waals surface area contributed by atoms with Gasteiger partial charge in [-0.25, -0.2) is 0 Å². The van der Waals surface area contributed by atoms with E-state index in [1.807, 2.05) is 18.2 Å². The van der Waals surface area contributed by atoms with Crippen LogP contribution in [0.1, 0.15) is 10.4 Å². The van der Waals surface area contributed by atoms with Gasteiger partial charge in [0.15, 0.2) is 0 Å². The fraction of sp³-hybridized carbons (Fsp3) is 0. The fourth-order valence-electron chi connectivity index (χ4n) is 1.90. The summed E-state index contributed by atoms with van der Waals surface area (Å²) < 4.78 is 0. The summed E-state index contributed by atoms with van der Waals surface area (Å²) in [6, 6.07) is 12.4. The van der Waals surface area contributed by atoms with Crippen molar-refractivity contribution in [2.75, 3.05) is 11.1 Å². The van der Waals surface area contributed by atoms with Crippen molar-refractivity contribution in [3.63, 3.8) is 0 Å². The maximum absolute atomic E-state index is 12.0. The van der Waals surface area contributed by atoms with Crippen LogP contribution in [0.3, 0.4) is 0 Å². The standard InChI is InChI=1S/C14H12N4O/c15-11-3-1-2-9(6-11)14(19)17-12-5-4-10-8-16-18-13(10)7-12/h1-8H,15H2,(H,16,18)(H,17,19). The van der Waals surface area contributed by atoms with Crippen LogP contribution < -0.4 is 11.1 Å². The number of anilines is 2. The minimum Gasteiger partial charge on any atom is -0.399 e. The van der Waals surface area contributed by atoms with Gasteiger partial charge in [-0.05, 0) is 36.4 Å². The van der Waals surface area contributed by atoms with Gasteiger partial charge in [0.05, 0.1) is 11.7 Å². The van der Waals surface area contributed by atoms with E-state index in [4.69, 9.17) is 5.73 Å². The number of benzene rings is 2. The highest BCUT2D eigenvalue weighted by molar-refractivity contribution is 6.05. The van der Waals surface area contributed by atoms with Gasteiger partial charge in [-0.15, -0.1) is 0 Å². The number of fused-ring (bicyclic) bond motifs is 1. The largest absolute Gasteiger partial charge is 0.399 e. The highest BCUT2D eigenvalue weighted by Crippen LogP contribution is 2.17. The van der Waals surface area contributed by atoms with Crippen molar-refractivity contribution in [1.82, 2.24) is 10.2 Å². The van der Waals surface area contributed by atoms with Crippen LogP contribution in [-0.4, -0.2) is 16.1 Å². The second kappa shape index (κ2) is 4.45. The second-order valence-corrected chi connectivity index (χ2v) is 4.25. The third-order valence-corrected chi connectivity index (χ3v) is 2.85. The lowest BCUT2D eigenvalue weighted by Gasteiger charge is -2.05. The Morgan fingerprint density at radius 2 is 2.11 bits per heavy atom. The summed E-state index contributed by atoms with van der Waals surface area (Å²) in [4.78, 5) is 12.0. The van der Waals surface area contributed by atoms with Crippen LogP contribution in [0.5, 0.6) is 0 Å². The monoisotopic (exact) mass is 252 g/mol. The van der Waals surface area contributed by atoms with Crippen LogP contribution in [0, 0.1) is 0 Å². The van der Waals surface area contributed by atoms with Crippen molar-refractivity contribution in [1.29, 1.82) is 0 Å². The number of carbonyl (C=O) groups excluding carboxylic acids is 1. The molecular formula is C14H12N4O. The van der Waals surface area contributed by atoms with E-state index in [-0.39, 0.29) is 5.91 Å². The number of aromatic amines is 1. The quantitative estimate of drug-likeness (QED) is 0.612. The Hall–Kier alpha value is -2.82. The van der Waals surface area contributed by atoms with E-state index >= 15 is 0 Å². The molecule has 0 saturated heterocycles. The Labute approximate surface area is 109 Å². The highest BCUT2D eigenvalue weighted by atomic mass is 16.1. The number of H-pyrrole nitrogens is 1. The Morgan fingerprint density at radius 3 is 2.95 bits per heavy atom. The van der Waals surface area contributed by atoms with Gasteiger partial charge in [-0.1, -0.05) is 6.07 Å². The number of rotatable bonds is 2. The van der Waals surface area contributed by atoms with Crippen molar-refractivity contribution in [3.8, 4) is 0 Å². The first-order valence-corrected chi connectivity index (χ1v) is 5.82. The first-order valence-electron chi connectivity index (χ1n) is 5.82. The van der Waals surface area contributed by atoms with E-state index in [1.54, 1.807) is 30.5 Å². The van der Waals surface area contributed by atoms with Crippen molar-refractivity contribution in [2.24, 2.45) is 0 Å². The van der Waals surface area contributed by atoms with Crippen LogP contribution in [-0.2, 0) is 0 Å². The number of nitrogens with zero attached hydrogens (tertiary/aromatic N) is 1. The smallest absolute Gasteiger partial charge is 0.255 e. The SMILES string of the molecule is Nc1cccc(C(=O)Nc2ccc3cn[nH]c3c2)c1. The second-order valence-electron chi connectivity index (χ2n) is 4.25. The fourth-order valence-corrected chi connectivity index (χ4v) is 1.90. The summed E-state index contributed by atoms with van der Waals surface area (Å²) in [5.41, 5.74) is 8.35. The van der Waals surface area contributed by atoms with Crippen LogP contribution in [0.2, 0.25) is 0 Å². The summed E-state index contributed by atoms with van der Waals surface area (Å²) in [6.45, 7) is 0. The number of nitrogens with one attached hydrogen (secondary N) is 2. The van der Waals surface area contributed by atoms with Gasteiger partial charge in [-0.3, -0.25) is 9.89 Å². The molecule has 5 heteroatoms.